The van der Waals surface area contributed by atoms with Gasteiger partial charge in [0.05, 0.1) is 6.61 Å². The Labute approximate surface area is 104 Å². The normalized spacial score (nSPS) is 22.9. The minimum Gasteiger partial charge on any atom is -0.466 e. The van der Waals surface area contributed by atoms with Gasteiger partial charge in [0.2, 0.25) is 0 Å². The average molecular weight is 244 g/mol. The summed E-state index contributed by atoms with van der Waals surface area (Å²) in [5, 5.41) is 0. The molecule has 0 aromatic heterocycles. The van der Waals surface area contributed by atoms with Crippen LogP contribution in [-0.4, -0.2) is 24.1 Å². The lowest BCUT2D eigenvalue weighted by atomic mass is 10.1. The van der Waals surface area contributed by atoms with Gasteiger partial charge in [-0.2, -0.15) is 11.8 Å². The Morgan fingerprint density at radius 3 is 2.25 bits per heavy atom. The number of carbonyl (C=O) groups is 1. The molecule has 1 heterocycles. The molecule has 16 heavy (non-hydrogen) atoms. The molecule has 0 saturated carbocycles. The highest BCUT2D eigenvalue weighted by atomic mass is 32.2. The van der Waals surface area contributed by atoms with Crippen molar-refractivity contribution in [3.8, 4) is 0 Å². The van der Waals surface area contributed by atoms with E-state index in [4.69, 9.17) is 4.74 Å². The molecule has 3 heteroatoms. The van der Waals surface area contributed by atoms with E-state index in [1.165, 1.54) is 43.6 Å². The van der Waals surface area contributed by atoms with Crippen LogP contribution >= 0.6 is 11.8 Å². The number of ether oxygens (including phenoxy) is 1. The predicted octanol–water partition coefficient (Wildman–Crippen LogP) is 3.79. The predicted molar refractivity (Wildman–Crippen MR) is 69.8 cm³/mol. The topological polar surface area (TPSA) is 26.3 Å². The fourth-order valence-corrected chi connectivity index (χ4v) is 2.87. The third-order valence-corrected chi connectivity index (χ3v) is 4.02. The highest BCUT2D eigenvalue weighted by Crippen LogP contribution is 2.13. The minimum atomic E-state index is -0.000119. The van der Waals surface area contributed by atoms with E-state index in [9.17, 15) is 4.79 Å². The molecule has 0 N–H and O–H groups in total. The summed E-state index contributed by atoms with van der Waals surface area (Å²) in [6.07, 6.45) is 10.4. The van der Waals surface area contributed by atoms with Crippen LogP contribution < -0.4 is 0 Å². The first-order valence-corrected chi connectivity index (χ1v) is 7.78. The zero-order valence-corrected chi connectivity index (χ0v) is 11.0. The maximum atomic E-state index is 11.3. The van der Waals surface area contributed by atoms with Gasteiger partial charge in [0.25, 0.3) is 0 Å². The Bertz CT molecular complexity index is 165. The molecule has 1 rings (SSSR count). The molecular weight excluding hydrogens is 220 g/mol. The molecule has 0 bridgehead atoms. The van der Waals surface area contributed by atoms with Crippen LogP contribution in [0.15, 0.2) is 0 Å². The Morgan fingerprint density at radius 2 is 1.44 bits per heavy atom. The summed E-state index contributed by atoms with van der Waals surface area (Å²) in [5.74, 6) is 2.50. The van der Waals surface area contributed by atoms with Gasteiger partial charge in [-0.05, 0) is 37.2 Å². The number of cyclic esters (lactones) is 1. The monoisotopic (exact) mass is 244 g/mol. The number of hydrogen-bond donors (Lipinski definition) is 0. The summed E-state index contributed by atoms with van der Waals surface area (Å²) in [6.45, 7) is 0.633. The van der Waals surface area contributed by atoms with Gasteiger partial charge in [-0.1, -0.05) is 25.7 Å². The van der Waals surface area contributed by atoms with Crippen molar-refractivity contribution >= 4 is 17.7 Å². The van der Waals surface area contributed by atoms with E-state index in [0.717, 1.165) is 19.3 Å². The van der Waals surface area contributed by atoms with E-state index in [-0.39, 0.29) is 5.97 Å². The standard InChI is InChI=1S/C13H24O2S/c14-13-9-5-8-12-16-11-7-4-2-1-3-6-10-15-13/h1-12H2. The highest BCUT2D eigenvalue weighted by Gasteiger charge is 2.03. The molecule has 94 valence electrons. The van der Waals surface area contributed by atoms with Gasteiger partial charge < -0.3 is 4.74 Å². The minimum absolute atomic E-state index is 0.000119. The summed E-state index contributed by atoms with van der Waals surface area (Å²) in [7, 11) is 0. The van der Waals surface area contributed by atoms with Crippen molar-refractivity contribution in [3.05, 3.63) is 0 Å². The molecule has 0 spiro atoms. The Kier molecular flexibility index (Phi) is 8.68. The van der Waals surface area contributed by atoms with Crippen molar-refractivity contribution in [1.29, 1.82) is 0 Å². The van der Waals surface area contributed by atoms with Gasteiger partial charge >= 0.3 is 5.97 Å². The van der Waals surface area contributed by atoms with Crippen LogP contribution in [0, 0.1) is 0 Å². The van der Waals surface area contributed by atoms with E-state index in [2.05, 4.69) is 0 Å². The average Bonchev–Trinajstić information content (AvgIpc) is 2.29. The molecular formula is C13H24O2S. The Balaban J connectivity index is 2.13. The van der Waals surface area contributed by atoms with Gasteiger partial charge in [0, 0.05) is 6.42 Å². The maximum Gasteiger partial charge on any atom is 0.305 e. The fourth-order valence-electron chi connectivity index (χ4n) is 1.85. The Hall–Kier alpha value is -0.180. The first-order valence-electron chi connectivity index (χ1n) is 6.63. The quantitative estimate of drug-likeness (QED) is 0.606. The number of rotatable bonds is 0. The molecule has 0 atom stereocenters. The van der Waals surface area contributed by atoms with E-state index in [0.29, 0.717) is 13.0 Å². The molecule has 0 unspecified atom stereocenters. The SMILES string of the molecule is O=C1CCCCSCCCCCCCCO1. The van der Waals surface area contributed by atoms with Crippen LogP contribution in [0.5, 0.6) is 0 Å². The third kappa shape index (κ3) is 8.03. The van der Waals surface area contributed by atoms with E-state index < -0.39 is 0 Å². The number of thioether (sulfide) groups is 1. The van der Waals surface area contributed by atoms with E-state index in [1.54, 1.807) is 0 Å². The van der Waals surface area contributed by atoms with Crippen LogP contribution in [0.25, 0.3) is 0 Å². The molecule has 1 saturated heterocycles. The molecule has 1 aliphatic heterocycles. The van der Waals surface area contributed by atoms with Gasteiger partial charge in [-0.3, -0.25) is 4.79 Å². The first kappa shape index (κ1) is 13.9. The van der Waals surface area contributed by atoms with Crippen molar-refractivity contribution in [3.63, 3.8) is 0 Å². The van der Waals surface area contributed by atoms with Crippen LogP contribution in [-0.2, 0) is 9.53 Å². The van der Waals surface area contributed by atoms with Crippen molar-refractivity contribution in [2.45, 2.75) is 57.8 Å². The molecule has 1 aliphatic rings. The maximum absolute atomic E-state index is 11.3. The number of carbonyl (C=O) groups excluding carboxylic acids is 1. The van der Waals surface area contributed by atoms with Crippen molar-refractivity contribution in [2.75, 3.05) is 18.1 Å². The summed E-state index contributed by atoms with van der Waals surface area (Å²) in [5.41, 5.74) is 0. The summed E-state index contributed by atoms with van der Waals surface area (Å²) < 4.78 is 5.17. The van der Waals surface area contributed by atoms with E-state index >= 15 is 0 Å². The van der Waals surface area contributed by atoms with E-state index in [1.807, 2.05) is 11.8 Å². The van der Waals surface area contributed by atoms with Crippen molar-refractivity contribution in [1.82, 2.24) is 0 Å². The molecule has 0 radical (unpaired) electrons. The lowest BCUT2D eigenvalue weighted by molar-refractivity contribution is -0.143. The molecule has 0 aromatic carbocycles. The molecule has 2 nitrogen and oxygen atoms in total. The number of hydrogen-bond acceptors (Lipinski definition) is 3. The highest BCUT2D eigenvalue weighted by molar-refractivity contribution is 7.99. The molecule has 1 fully saturated rings. The summed E-state index contributed by atoms with van der Waals surface area (Å²) >= 11 is 2.03. The van der Waals surface area contributed by atoms with Gasteiger partial charge in [0.15, 0.2) is 0 Å². The van der Waals surface area contributed by atoms with Crippen LogP contribution in [0.2, 0.25) is 0 Å². The number of esters is 1. The first-order chi connectivity index (χ1) is 7.89. The molecule has 0 amide bonds. The van der Waals surface area contributed by atoms with Crippen molar-refractivity contribution in [2.24, 2.45) is 0 Å². The lowest BCUT2D eigenvalue weighted by Gasteiger charge is -2.04. The molecule has 0 aliphatic carbocycles. The third-order valence-electron chi connectivity index (χ3n) is 2.87. The zero-order chi connectivity index (χ0) is 11.5. The second kappa shape index (κ2) is 10.0. The summed E-state index contributed by atoms with van der Waals surface area (Å²) in [6, 6.07) is 0. The van der Waals surface area contributed by atoms with Crippen molar-refractivity contribution < 1.29 is 9.53 Å². The van der Waals surface area contributed by atoms with Crippen LogP contribution in [0.4, 0.5) is 0 Å². The second-order valence-corrected chi connectivity index (χ2v) is 5.64. The van der Waals surface area contributed by atoms with Gasteiger partial charge in [-0.25, -0.2) is 0 Å². The largest absolute Gasteiger partial charge is 0.466 e. The smallest absolute Gasteiger partial charge is 0.305 e. The zero-order valence-electron chi connectivity index (χ0n) is 10.2. The molecule has 0 aromatic rings. The lowest BCUT2D eigenvalue weighted by Crippen LogP contribution is -2.05. The van der Waals surface area contributed by atoms with Gasteiger partial charge in [-0.15, -0.1) is 0 Å². The van der Waals surface area contributed by atoms with Crippen LogP contribution in [0.3, 0.4) is 0 Å². The van der Waals surface area contributed by atoms with Gasteiger partial charge in [0.1, 0.15) is 0 Å². The van der Waals surface area contributed by atoms with Crippen LogP contribution in [0.1, 0.15) is 57.8 Å². The fraction of sp³-hybridized carbons (Fsp3) is 0.923. The second-order valence-electron chi connectivity index (χ2n) is 4.41. The summed E-state index contributed by atoms with van der Waals surface area (Å²) in [4.78, 5) is 11.3. The Morgan fingerprint density at radius 1 is 0.812 bits per heavy atom.